The fourth-order valence-corrected chi connectivity index (χ4v) is 2.54. The first-order valence-corrected chi connectivity index (χ1v) is 8.59. The van der Waals surface area contributed by atoms with Crippen molar-refractivity contribution in [3.8, 4) is 0 Å². The van der Waals surface area contributed by atoms with Gasteiger partial charge in [-0.1, -0.05) is 48.5 Å². The number of carbonyl (C=O) groups excluding carboxylic acids is 2. The van der Waals surface area contributed by atoms with Crippen molar-refractivity contribution >= 4 is 17.6 Å². The first kappa shape index (κ1) is 20.1. The number of amides is 1. The molecule has 2 rings (SSSR count). The van der Waals surface area contributed by atoms with Gasteiger partial charge >= 0.3 is 11.7 Å². The second-order valence-corrected chi connectivity index (χ2v) is 7.12. The Labute approximate surface area is 158 Å². The highest BCUT2D eigenvalue weighted by Gasteiger charge is 2.37. The van der Waals surface area contributed by atoms with Crippen molar-refractivity contribution in [2.24, 2.45) is 0 Å². The van der Waals surface area contributed by atoms with Crippen molar-refractivity contribution in [1.29, 1.82) is 0 Å². The normalized spacial score (nSPS) is 11.9. The van der Waals surface area contributed by atoms with Gasteiger partial charge in [0, 0.05) is 5.56 Å². The third-order valence-electron chi connectivity index (χ3n) is 3.79. The summed E-state index contributed by atoms with van der Waals surface area (Å²) in [4.78, 5) is 28.4. The van der Waals surface area contributed by atoms with E-state index in [9.17, 15) is 15.1 Å². The van der Waals surface area contributed by atoms with E-state index in [4.69, 9.17) is 4.74 Å². The van der Waals surface area contributed by atoms with Crippen molar-refractivity contribution in [3.63, 3.8) is 0 Å². The fourth-order valence-electron chi connectivity index (χ4n) is 2.54. The second kappa shape index (κ2) is 8.43. The maximum absolute atomic E-state index is 12.8. The largest absolute Gasteiger partial charge is 0.451 e. The van der Waals surface area contributed by atoms with Crippen LogP contribution in [0.5, 0.6) is 0 Å². The standard InChI is InChI=1S/C21H23N3O3/c1-14-10-8-9-13-16(14)19(25)23-17(15-11-6-5-7-12-15)18(24-22)20(26)27-21(2,3)4/h5-13,17H,1-4H3,(H,23,25)/t17-/m0/s1. The smallest absolute Gasteiger partial charge is 0.420 e. The number of carbonyl (C=O) groups is 2. The second-order valence-electron chi connectivity index (χ2n) is 7.12. The zero-order chi connectivity index (χ0) is 20.0. The van der Waals surface area contributed by atoms with E-state index in [1.165, 1.54) is 0 Å². The van der Waals surface area contributed by atoms with Crippen LogP contribution < -0.4 is 5.32 Å². The number of hydrogen-bond acceptors (Lipinski definition) is 3. The van der Waals surface area contributed by atoms with Crippen LogP contribution in [0.3, 0.4) is 0 Å². The first-order valence-electron chi connectivity index (χ1n) is 8.59. The molecule has 0 fully saturated rings. The summed E-state index contributed by atoms with van der Waals surface area (Å²) in [7, 11) is 0. The lowest BCUT2D eigenvalue weighted by molar-refractivity contribution is -0.151. The lowest BCUT2D eigenvalue weighted by Crippen LogP contribution is -2.40. The van der Waals surface area contributed by atoms with Gasteiger partial charge in [0.25, 0.3) is 5.91 Å². The third kappa shape index (κ3) is 5.36. The highest BCUT2D eigenvalue weighted by atomic mass is 16.6. The summed E-state index contributed by atoms with van der Waals surface area (Å²) in [5.74, 6) is -1.18. The van der Waals surface area contributed by atoms with E-state index in [-0.39, 0.29) is 11.6 Å². The Bertz CT molecular complexity index is 879. The van der Waals surface area contributed by atoms with Gasteiger partial charge in [-0.3, -0.25) is 4.79 Å². The summed E-state index contributed by atoms with van der Waals surface area (Å²) in [6.07, 6.45) is 0. The molecule has 0 unspecified atom stereocenters. The molecule has 2 aromatic carbocycles. The monoisotopic (exact) mass is 365 g/mol. The van der Waals surface area contributed by atoms with Crippen LogP contribution in [0.15, 0.2) is 54.6 Å². The summed E-state index contributed by atoms with van der Waals surface area (Å²) in [5, 5.41) is 2.78. The minimum absolute atomic E-state index is 0.293. The van der Waals surface area contributed by atoms with Gasteiger partial charge in [-0.05, 0) is 44.9 Å². The predicted molar refractivity (Wildman–Crippen MR) is 102 cm³/mol. The number of esters is 1. The van der Waals surface area contributed by atoms with Crippen LogP contribution in [0.4, 0.5) is 0 Å². The summed E-state index contributed by atoms with van der Waals surface area (Å²) in [6.45, 7) is 6.96. The summed E-state index contributed by atoms with van der Waals surface area (Å²) < 4.78 is 5.32. The fraction of sp³-hybridized carbons (Fsp3) is 0.286. The Balaban J connectivity index is 2.40. The van der Waals surface area contributed by atoms with Gasteiger partial charge in [-0.2, -0.15) is 4.79 Å². The molecule has 0 aliphatic heterocycles. The SMILES string of the molecule is Cc1ccccc1C(=O)N[C@H](C(=[N+]=[N-])C(=O)OC(C)(C)C)c1ccccc1. The zero-order valence-electron chi connectivity index (χ0n) is 15.9. The number of benzene rings is 2. The maximum atomic E-state index is 12.8. The van der Waals surface area contributed by atoms with Crippen LogP contribution >= 0.6 is 0 Å². The van der Waals surface area contributed by atoms with E-state index >= 15 is 0 Å². The number of rotatable bonds is 5. The lowest BCUT2D eigenvalue weighted by Gasteiger charge is -2.20. The molecule has 27 heavy (non-hydrogen) atoms. The van der Waals surface area contributed by atoms with Gasteiger partial charge in [-0.25, -0.2) is 4.79 Å². The van der Waals surface area contributed by atoms with Gasteiger partial charge in [-0.15, -0.1) is 0 Å². The van der Waals surface area contributed by atoms with Crippen molar-refractivity contribution in [2.75, 3.05) is 0 Å². The number of nitrogens with zero attached hydrogens (tertiary/aromatic N) is 2. The van der Waals surface area contributed by atoms with Crippen molar-refractivity contribution in [2.45, 2.75) is 39.3 Å². The molecule has 6 nitrogen and oxygen atoms in total. The maximum Gasteiger partial charge on any atom is 0.420 e. The highest BCUT2D eigenvalue weighted by Crippen LogP contribution is 2.18. The molecule has 0 saturated heterocycles. The molecule has 1 amide bonds. The minimum atomic E-state index is -0.960. The Morgan fingerprint density at radius 2 is 1.63 bits per heavy atom. The zero-order valence-corrected chi connectivity index (χ0v) is 15.9. The van der Waals surface area contributed by atoms with E-state index in [1.54, 1.807) is 57.2 Å². The van der Waals surface area contributed by atoms with Gasteiger partial charge in [0.05, 0.1) is 0 Å². The van der Waals surface area contributed by atoms with E-state index in [0.717, 1.165) is 5.56 Å². The molecule has 0 radical (unpaired) electrons. The number of ether oxygens (including phenoxy) is 1. The molecule has 0 aromatic heterocycles. The van der Waals surface area contributed by atoms with Gasteiger partial charge in [0.1, 0.15) is 5.60 Å². The molecule has 1 N–H and O–H groups in total. The topological polar surface area (TPSA) is 91.8 Å². The van der Waals surface area contributed by atoms with Crippen LogP contribution in [0, 0.1) is 6.92 Å². The highest BCUT2D eigenvalue weighted by molar-refractivity contribution is 6.36. The molecular weight excluding hydrogens is 342 g/mol. The van der Waals surface area contributed by atoms with E-state index in [2.05, 4.69) is 10.1 Å². The molecule has 2 aromatic rings. The van der Waals surface area contributed by atoms with Crippen LogP contribution in [0.1, 0.15) is 48.3 Å². The Hall–Kier alpha value is -3.24. The Morgan fingerprint density at radius 3 is 2.19 bits per heavy atom. The van der Waals surface area contributed by atoms with Crippen LogP contribution in [0.2, 0.25) is 0 Å². The van der Waals surface area contributed by atoms with Crippen molar-refractivity contribution in [1.82, 2.24) is 5.32 Å². The molecular formula is C21H23N3O3. The predicted octanol–water partition coefficient (Wildman–Crippen LogP) is 3.48. The molecule has 0 heterocycles. The van der Waals surface area contributed by atoms with Crippen LogP contribution in [0.25, 0.3) is 5.53 Å². The first-order chi connectivity index (χ1) is 12.7. The quantitative estimate of drug-likeness (QED) is 0.380. The molecule has 6 heteroatoms. The van der Waals surface area contributed by atoms with E-state index in [0.29, 0.717) is 11.1 Å². The van der Waals surface area contributed by atoms with Crippen molar-refractivity contribution in [3.05, 3.63) is 76.8 Å². The van der Waals surface area contributed by atoms with E-state index in [1.807, 2.05) is 25.1 Å². The van der Waals surface area contributed by atoms with Gasteiger partial charge in [0.2, 0.25) is 0 Å². The summed E-state index contributed by atoms with van der Waals surface area (Å²) in [5.41, 5.74) is 10.3. The summed E-state index contributed by atoms with van der Waals surface area (Å²) >= 11 is 0. The molecule has 0 aliphatic carbocycles. The average Bonchev–Trinajstić information content (AvgIpc) is 2.61. The van der Waals surface area contributed by atoms with Crippen molar-refractivity contribution < 1.29 is 19.1 Å². The average molecular weight is 365 g/mol. The number of nitrogens with one attached hydrogen (secondary N) is 1. The Kier molecular flexibility index (Phi) is 6.27. The number of hydrogen-bond donors (Lipinski definition) is 1. The van der Waals surface area contributed by atoms with E-state index < -0.39 is 17.6 Å². The van der Waals surface area contributed by atoms with Crippen LogP contribution in [-0.2, 0) is 9.53 Å². The van der Waals surface area contributed by atoms with Crippen LogP contribution in [-0.4, -0.2) is 28.0 Å². The van der Waals surface area contributed by atoms with Gasteiger partial charge < -0.3 is 15.6 Å². The lowest BCUT2D eigenvalue weighted by atomic mass is 10.0. The third-order valence-corrected chi connectivity index (χ3v) is 3.79. The molecule has 0 aliphatic rings. The molecule has 0 saturated carbocycles. The molecule has 140 valence electrons. The minimum Gasteiger partial charge on any atom is -0.451 e. The Morgan fingerprint density at radius 1 is 1.04 bits per heavy atom. The van der Waals surface area contributed by atoms with Gasteiger partial charge in [0.15, 0.2) is 6.04 Å². The molecule has 1 atom stereocenters. The molecule has 0 spiro atoms. The molecule has 0 bridgehead atoms. The number of aryl methyl sites for hydroxylation is 1. The summed E-state index contributed by atoms with van der Waals surface area (Å²) in [6, 6.07) is 15.0.